The maximum atomic E-state index is 10.9. The predicted molar refractivity (Wildman–Crippen MR) is 77.6 cm³/mol. The number of hydrogen-bond acceptors (Lipinski definition) is 2. The molecule has 0 aliphatic carbocycles. The summed E-state index contributed by atoms with van der Waals surface area (Å²) in [5.74, 6) is -0.936. The molecule has 0 bridgehead atoms. The van der Waals surface area contributed by atoms with Crippen molar-refractivity contribution < 1.29 is 9.90 Å². The van der Waals surface area contributed by atoms with E-state index in [4.69, 9.17) is 5.11 Å². The van der Waals surface area contributed by atoms with Crippen LogP contribution in [0.1, 0.15) is 18.7 Å². The second-order valence-electron chi connectivity index (χ2n) is 3.52. The van der Waals surface area contributed by atoms with Crippen molar-refractivity contribution in [3.05, 3.63) is 64.4 Å². The highest BCUT2D eigenvalue weighted by molar-refractivity contribution is 7.11. The van der Waals surface area contributed by atoms with Gasteiger partial charge in [0.1, 0.15) is 0 Å². The van der Waals surface area contributed by atoms with Crippen LogP contribution in [0.25, 0.3) is 5.57 Å². The fraction of sp³-hybridized carbons (Fsp3) is 0.133. The van der Waals surface area contributed by atoms with Crippen LogP contribution in [0.3, 0.4) is 0 Å². The van der Waals surface area contributed by atoms with Gasteiger partial charge in [-0.15, -0.1) is 11.3 Å². The molecule has 0 fully saturated rings. The van der Waals surface area contributed by atoms with E-state index >= 15 is 0 Å². The van der Waals surface area contributed by atoms with Gasteiger partial charge in [-0.05, 0) is 30.9 Å². The summed E-state index contributed by atoms with van der Waals surface area (Å²) >= 11 is 1.53. The molecule has 18 heavy (non-hydrogen) atoms. The molecule has 1 heterocycles. The van der Waals surface area contributed by atoms with E-state index in [1.165, 1.54) is 17.4 Å². The number of thiophene rings is 1. The molecule has 2 nitrogen and oxygen atoms in total. The largest absolute Gasteiger partial charge is 0.478 e. The van der Waals surface area contributed by atoms with E-state index < -0.39 is 5.97 Å². The van der Waals surface area contributed by atoms with E-state index in [1.54, 1.807) is 0 Å². The molecule has 0 saturated carbocycles. The predicted octanol–water partition coefficient (Wildman–Crippen LogP) is 4.29. The van der Waals surface area contributed by atoms with Crippen molar-refractivity contribution in [2.24, 2.45) is 0 Å². The summed E-state index contributed by atoms with van der Waals surface area (Å²) in [4.78, 5) is 11.9. The van der Waals surface area contributed by atoms with Crippen LogP contribution in [-0.2, 0) is 4.79 Å². The average molecular weight is 260 g/mol. The minimum Gasteiger partial charge on any atom is -0.478 e. The topological polar surface area (TPSA) is 37.3 Å². The number of allylic oxidation sites excluding steroid dienone is 7. The number of aliphatic carboxylic acids is 1. The molecule has 1 N–H and O–H groups in total. The Kier molecular flexibility index (Phi) is 5.88. The first-order valence-electron chi connectivity index (χ1n) is 5.63. The monoisotopic (exact) mass is 260 g/mol. The number of hydrogen-bond donors (Lipinski definition) is 1. The summed E-state index contributed by atoms with van der Waals surface area (Å²) in [6.07, 6.45) is 10.8. The maximum Gasteiger partial charge on any atom is 0.328 e. The van der Waals surface area contributed by atoms with Crippen LogP contribution in [-0.4, -0.2) is 11.1 Å². The second-order valence-corrected chi connectivity index (χ2v) is 4.47. The van der Waals surface area contributed by atoms with Gasteiger partial charge in [-0.3, -0.25) is 0 Å². The van der Waals surface area contributed by atoms with E-state index in [1.807, 2.05) is 61.7 Å². The van der Waals surface area contributed by atoms with Gasteiger partial charge in [0, 0.05) is 16.5 Å². The van der Waals surface area contributed by atoms with Crippen molar-refractivity contribution in [2.45, 2.75) is 13.8 Å². The zero-order valence-corrected chi connectivity index (χ0v) is 11.3. The van der Waals surface area contributed by atoms with Crippen molar-refractivity contribution in [2.75, 3.05) is 0 Å². The van der Waals surface area contributed by atoms with E-state index in [0.29, 0.717) is 0 Å². The number of carboxylic acids is 1. The van der Waals surface area contributed by atoms with Crippen LogP contribution in [0.15, 0.2) is 59.5 Å². The molecule has 0 spiro atoms. The first kappa shape index (κ1) is 14.2. The summed E-state index contributed by atoms with van der Waals surface area (Å²) in [6, 6.07) is 3.84. The van der Waals surface area contributed by atoms with Crippen LogP contribution in [0, 0.1) is 0 Å². The molecule has 1 rings (SSSR count). The van der Waals surface area contributed by atoms with Crippen LogP contribution in [0.4, 0.5) is 0 Å². The molecule has 0 saturated heterocycles. The SMILES string of the molecule is C\C=C/C=C(\C=C\C)C(=C/C(=O)O)/c1cccs1. The highest BCUT2D eigenvalue weighted by Gasteiger charge is 2.08. The van der Waals surface area contributed by atoms with Crippen LogP contribution in [0.5, 0.6) is 0 Å². The third-order valence-corrected chi connectivity index (χ3v) is 3.08. The first-order valence-corrected chi connectivity index (χ1v) is 6.51. The van der Waals surface area contributed by atoms with Gasteiger partial charge in [0.2, 0.25) is 0 Å². The van der Waals surface area contributed by atoms with Crippen molar-refractivity contribution in [3.63, 3.8) is 0 Å². The molecule has 1 aromatic rings. The molecule has 0 aromatic carbocycles. The normalized spacial score (nSPS) is 13.7. The quantitative estimate of drug-likeness (QED) is 0.633. The number of rotatable bonds is 5. The molecule has 3 heteroatoms. The molecule has 0 unspecified atom stereocenters. The Hall–Kier alpha value is -1.87. The fourth-order valence-corrected chi connectivity index (χ4v) is 2.23. The smallest absolute Gasteiger partial charge is 0.328 e. The van der Waals surface area contributed by atoms with Crippen molar-refractivity contribution >= 4 is 22.9 Å². The lowest BCUT2D eigenvalue weighted by Crippen LogP contribution is -1.93. The Morgan fingerprint density at radius 3 is 2.61 bits per heavy atom. The van der Waals surface area contributed by atoms with Crippen LogP contribution < -0.4 is 0 Å². The van der Waals surface area contributed by atoms with E-state index in [9.17, 15) is 4.79 Å². The Bertz CT molecular complexity index is 503. The second kappa shape index (κ2) is 7.45. The Morgan fingerprint density at radius 2 is 2.11 bits per heavy atom. The van der Waals surface area contributed by atoms with Crippen LogP contribution >= 0.6 is 11.3 Å². The molecular formula is C15H16O2S. The summed E-state index contributed by atoms with van der Waals surface area (Å²) < 4.78 is 0. The van der Waals surface area contributed by atoms with Crippen molar-refractivity contribution in [1.82, 2.24) is 0 Å². The number of carbonyl (C=O) groups is 1. The van der Waals surface area contributed by atoms with E-state index in [0.717, 1.165) is 16.0 Å². The van der Waals surface area contributed by atoms with Gasteiger partial charge < -0.3 is 5.11 Å². The third kappa shape index (κ3) is 4.18. The van der Waals surface area contributed by atoms with Gasteiger partial charge in [-0.2, -0.15) is 0 Å². The fourth-order valence-electron chi connectivity index (χ4n) is 1.47. The minimum absolute atomic E-state index is 0.730. The number of carboxylic acid groups (broad SMARTS) is 1. The molecule has 0 atom stereocenters. The lowest BCUT2D eigenvalue weighted by molar-refractivity contribution is -0.131. The molecule has 0 aliphatic rings. The molecule has 0 radical (unpaired) electrons. The van der Waals surface area contributed by atoms with Gasteiger partial charge >= 0.3 is 5.97 Å². The lowest BCUT2D eigenvalue weighted by Gasteiger charge is -2.05. The van der Waals surface area contributed by atoms with Gasteiger partial charge in [-0.25, -0.2) is 4.79 Å². The van der Waals surface area contributed by atoms with E-state index in [2.05, 4.69) is 0 Å². The van der Waals surface area contributed by atoms with Gasteiger partial charge in [0.15, 0.2) is 0 Å². The third-order valence-electron chi connectivity index (χ3n) is 2.18. The van der Waals surface area contributed by atoms with Gasteiger partial charge in [0.05, 0.1) is 0 Å². The van der Waals surface area contributed by atoms with Crippen molar-refractivity contribution in [1.29, 1.82) is 0 Å². The Morgan fingerprint density at radius 1 is 1.33 bits per heavy atom. The van der Waals surface area contributed by atoms with Crippen LogP contribution in [0.2, 0.25) is 0 Å². The zero-order chi connectivity index (χ0) is 13.4. The lowest BCUT2D eigenvalue weighted by atomic mass is 10.0. The minimum atomic E-state index is -0.936. The Balaban J connectivity index is 3.28. The standard InChI is InChI=1S/C15H16O2S/c1-3-5-8-12(7-4-2)13(11-15(16)17)14-9-6-10-18-14/h3-11H,1-2H3,(H,16,17)/b5-3-,7-4+,12-8+,13-11-. The highest BCUT2D eigenvalue weighted by atomic mass is 32.1. The highest BCUT2D eigenvalue weighted by Crippen LogP contribution is 2.28. The maximum absolute atomic E-state index is 10.9. The summed E-state index contributed by atoms with van der Waals surface area (Å²) in [6.45, 7) is 3.84. The molecule has 94 valence electrons. The molecule has 0 amide bonds. The summed E-state index contributed by atoms with van der Waals surface area (Å²) in [5, 5.41) is 10.9. The van der Waals surface area contributed by atoms with E-state index in [-0.39, 0.29) is 0 Å². The summed E-state index contributed by atoms with van der Waals surface area (Å²) in [7, 11) is 0. The Labute approximate surface area is 111 Å². The van der Waals surface area contributed by atoms with Gasteiger partial charge in [0.25, 0.3) is 0 Å². The first-order chi connectivity index (χ1) is 8.69. The molecule has 1 aromatic heterocycles. The van der Waals surface area contributed by atoms with Crippen molar-refractivity contribution in [3.8, 4) is 0 Å². The summed E-state index contributed by atoms with van der Waals surface area (Å²) in [5.41, 5.74) is 1.62. The zero-order valence-electron chi connectivity index (χ0n) is 10.5. The molecule has 0 aliphatic heterocycles. The molecular weight excluding hydrogens is 244 g/mol. The van der Waals surface area contributed by atoms with Gasteiger partial charge in [-0.1, -0.05) is 36.4 Å². The average Bonchev–Trinajstić information content (AvgIpc) is 2.85.